The van der Waals surface area contributed by atoms with E-state index in [1.54, 1.807) is 0 Å². The maximum absolute atomic E-state index is 9.87. The Kier molecular flexibility index (Phi) is 2.87. The molecule has 0 spiro atoms. The van der Waals surface area contributed by atoms with Crippen LogP contribution in [0, 0.1) is 5.92 Å². The standard InChI is InChI=1S/C11H18N2O/c1-2-13-8-9(7-12-13)6-11(14)10-4-3-5-10/h7-8,10-11,14H,2-6H2,1H3. The zero-order valence-electron chi connectivity index (χ0n) is 8.69. The van der Waals surface area contributed by atoms with Crippen molar-refractivity contribution in [3.05, 3.63) is 18.0 Å². The molecule has 1 aliphatic carbocycles. The fraction of sp³-hybridized carbons (Fsp3) is 0.727. The van der Waals surface area contributed by atoms with Gasteiger partial charge in [-0.05, 0) is 31.2 Å². The van der Waals surface area contributed by atoms with E-state index in [4.69, 9.17) is 0 Å². The molecule has 1 fully saturated rings. The summed E-state index contributed by atoms with van der Waals surface area (Å²) in [5.74, 6) is 0.542. The van der Waals surface area contributed by atoms with Crippen LogP contribution < -0.4 is 0 Å². The SMILES string of the molecule is CCn1cc(CC(O)C2CCC2)cn1. The molecule has 0 saturated heterocycles. The first-order chi connectivity index (χ1) is 6.79. The van der Waals surface area contributed by atoms with E-state index in [0.29, 0.717) is 5.92 Å². The number of nitrogens with zero attached hydrogens (tertiary/aromatic N) is 2. The second-order valence-corrected chi connectivity index (χ2v) is 4.17. The molecule has 1 aromatic rings. The highest BCUT2D eigenvalue weighted by atomic mass is 16.3. The van der Waals surface area contributed by atoms with Crippen molar-refractivity contribution in [2.45, 2.75) is 45.3 Å². The van der Waals surface area contributed by atoms with Crippen LogP contribution >= 0.6 is 0 Å². The minimum Gasteiger partial charge on any atom is -0.392 e. The van der Waals surface area contributed by atoms with Gasteiger partial charge in [0, 0.05) is 19.2 Å². The summed E-state index contributed by atoms with van der Waals surface area (Å²) in [6.07, 6.45) is 8.19. The number of aliphatic hydroxyl groups excluding tert-OH is 1. The highest BCUT2D eigenvalue weighted by Gasteiger charge is 2.25. The van der Waals surface area contributed by atoms with Gasteiger partial charge in [-0.25, -0.2) is 0 Å². The van der Waals surface area contributed by atoms with Gasteiger partial charge in [0.2, 0.25) is 0 Å². The number of hydrogen-bond acceptors (Lipinski definition) is 2. The van der Waals surface area contributed by atoms with E-state index in [2.05, 4.69) is 12.0 Å². The molecule has 1 atom stereocenters. The van der Waals surface area contributed by atoms with Gasteiger partial charge in [0.15, 0.2) is 0 Å². The third-order valence-corrected chi connectivity index (χ3v) is 3.15. The quantitative estimate of drug-likeness (QED) is 0.790. The molecule has 1 aromatic heterocycles. The van der Waals surface area contributed by atoms with Crippen LogP contribution in [0.4, 0.5) is 0 Å². The molecule has 2 rings (SSSR count). The average Bonchev–Trinajstić information content (AvgIpc) is 2.48. The Morgan fingerprint density at radius 1 is 1.64 bits per heavy atom. The molecule has 1 N–H and O–H groups in total. The van der Waals surface area contributed by atoms with Gasteiger partial charge in [0.25, 0.3) is 0 Å². The largest absolute Gasteiger partial charge is 0.392 e. The van der Waals surface area contributed by atoms with Crippen LogP contribution in [0.5, 0.6) is 0 Å². The van der Waals surface area contributed by atoms with Crippen LogP contribution in [0.2, 0.25) is 0 Å². The number of aromatic nitrogens is 2. The fourth-order valence-electron chi connectivity index (χ4n) is 1.92. The van der Waals surface area contributed by atoms with Gasteiger partial charge in [-0.2, -0.15) is 5.10 Å². The summed E-state index contributed by atoms with van der Waals surface area (Å²) in [6, 6.07) is 0. The summed E-state index contributed by atoms with van der Waals surface area (Å²) >= 11 is 0. The third-order valence-electron chi connectivity index (χ3n) is 3.15. The number of aliphatic hydroxyl groups is 1. The molecule has 3 heteroatoms. The maximum Gasteiger partial charge on any atom is 0.0609 e. The summed E-state index contributed by atoms with van der Waals surface area (Å²) in [5.41, 5.74) is 1.16. The van der Waals surface area contributed by atoms with Crippen molar-refractivity contribution in [3.63, 3.8) is 0 Å². The summed E-state index contributed by atoms with van der Waals surface area (Å²) in [5, 5.41) is 14.1. The lowest BCUT2D eigenvalue weighted by Gasteiger charge is -2.29. The maximum atomic E-state index is 9.87. The van der Waals surface area contributed by atoms with Gasteiger partial charge in [-0.1, -0.05) is 6.42 Å². The Bertz CT molecular complexity index is 291. The van der Waals surface area contributed by atoms with Crippen molar-refractivity contribution in [2.75, 3.05) is 0 Å². The molecule has 1 saturated carbocycles. The van der Waals surface area contributed by atoms with Crippen molar-refractivity contribution in [1.82, 2.24) is 9.78 Å². The van der Waals surface area contributed by atoms with Crippen molar-refractivity contribution in [2.24, 2.45) is 5.92 Å². The Morgan fingerprint density at radius 2 is 2.43 bits per heavy atom. The van der Waals surface area contributed by atoms with E-state index in [9.17, 15) is 5.11 Å². The van der Waals surface area contributed by atoms with E-state index in [-0.39, 0.29) is 6.10 Å². The van der Waals surface area contributed by atoms with E-state index in [1.165, 1.54) is 19.3 Å². The predicted octanol–water partition coefficient (Wildman–Crippen LogP) is 1.61. The molecule has 0 aliphatic heterocycles. The average molecular weight is 194 g/mol. The van der Waals surface area contributed by atoms with Crippen LogP contribution in [-0.4, -0.2) is 21.0 Å². The summed E-state index contributed by atoms with van der Waals surface area (Å²) < 4.78 is 1.91. The monoisotopic (exact) mass is 194 g/mol. The van der Waals surface area contributed by atoms with Gasteiger partial charge >= 0.3 is 0 Å². The summed E-state index contributed by atoms with van der Waals surface area (Å²) in [7, 11) is 0. The van der Waals surface area contributed by atoms with Gasteiger partial charge in [-0.3, -0.25) is 4.68 Å². The molecule has 0 amide bonds. The zero-order chi connectivity index (χ0) is 9.97. The second-order valence-electron chi connectivity index (χ2n) is 4.17. The van der Waals surface area contributed by atoms with Crippen molar-refractivity contribution >= 4 is 0 Å². The van der Waals surface area contributed by atoms with Crippen LogP contribution in [0.15, 0.2) is 12.4 Å². The summed E-state index contributed by atoms with van der Waals surface area (Å²) in [6.45, 7) is 2.97. The third kappa shape index (κ3) is 1.98. The molecule has 0 aromatic carbocycles. The van der Waals surface area contributed by atoms with Crippen LogP contribution in [0.25, 0.3) is 0 Å². The first-order valence-electron chi connectivity index (χ1n) is 5.49. The first-order valence-corrected chi connectivity index (χ1v) is 5.49. The van der Waals surface area contributed by atoms with Gasteiger partial charge in [0.1, 0.15) is 0 Å². The molecule has 1 aliphatic rings. The van der Waals surface area contributed by atoms with E-state index < -0.39 is 0 Å². The van der Waals surface area contributed by atoms with Crippen LogP contribution in [-0.2, 0) is 13.0 Å². The lowest BCUT2D eigenvalue weighted by atomic mass is 9.79. The minimum atomic E-state index is -0.154. The highest BCUT2D eigenvalue weighted by Crippen LogP contribution is 2.30. The van der Waals surface area contributed by atoms with E-state index >= 15 is 0 Å². The normalized spacial score (nSPS) is 19.3. The molecular formula is C11H18N2O. The van der Waals surface area contributed by atoms with Crippen molar-refractivity contribution < 1.29 is 5.11 Å². The van der Waals surface area contributed by atoms with E-state index in [0.717, 1.165) is 18.5 Å². The topological polar surface area (TPSA) is 38.0 Å². The Morgan fingerprint density at radius 3 is 2.93 bits per heavy atom. The fourth-order valence-corrected chi connectivity index (χ4v) is 1.92. The second kappa shape index (κ2) is 4.13. The smallest absolute Gasteiger partial charge is 0.0609 e. The van der Waals surface area contributed by atoms with Crippen LogP contribution in [0.1, 0.15) is 31.7 Å². The molecule has 3 nitrogen and oxygen atoms in total. The molecule has 0 bridgehead atoms. The molecule has 1 unspecified atom stereocenters. The van der Waals surface area contributed by atoms with Crippen molar-refractivity contribution in [3.8, 4) is 0 Å². The van der Waals surface area contributed by atoms with E-state index in [1.807, 2.05) is 17.1 Å². The Hall–Kier alpha value is -0.830. The number of aryl methyl sites for hydroxylation is 1. The van der Waals surface area contributed by atoms with Gasteiger partial charge in [0.05, 0.1) is 12.3 Å². The minimum absolute atomic E-state index is 0.154. The zero-order valence-corrected chi connectivity index (χ0v) is 8.69. The highest BCUT2D eigenvalue weighted by molar-refractivity contribution is 5.06. The van der Waals surface area contributed by atoms with Gasteiger partial charge < -0.3 is 5.11 Å². The number of rotatable bonds is 4. The Balaban J connectivity index is 1.89. The number of hydrogen-bond donors (Lipinski definition) is 1. The Labute approximate surface area is 84.7 Å². The van der Waals surface area contributed by atoms with Gasteiger partial charge in [-0.15, -0.1) is 0 Å². The molecule has 14 heavy (non-hydrogen) atoms. The lowest BCUT2D eigenvalue weighted by molar-refractivity contribution is 0.0630. The van der Waals surface area contributed by atoms with Crippen LogP contribution in [0.3, 0.4) is 0 Å². The molecular weight excluding hydrogens is 176 g/mol. The lowest BCUT2D eigenvalue weighted by Crippen LogP contribution is -2.28. The molecule has 0 radical (unpaired) electrons. The summed E-state index contributed by atoms with van der Waals surface area (Å²) in [4.78, 5) is 0. The molecule has 78 valence electrons. The molecule has 1 heterocycles. The first kappa shape index (κ1) is 9.71. The van der Waals surface area contributed by atoms with Crippen molar-refractivity contribution in [1.29, 1.82) is 0 Å². The predicted molar refractivity (Wildman–Crippen MR) is 55.0 cm³/mol.